The van der Waals surface area contributed by atoms with E-state index < -0.39 is 0 Å². The molecule has 0 radical (unpaired) electrons. The van der Waals surface area contributed by atoms with Gasteiger partial charge in [0, 0.05) is 5.03 Å². The summed E-state index contributed by atoms with van der Waals surface area (Å²) in [7, 11) is 0. The molecule has 0 saturated carbocycles. The number of hydrogen-bond donors (Lipinski definition) is 1. The van der Waals surface area contributed by atoms with Gasteiger partial charge in [0.25, 0.3) is 0 Å². The van der Waals surface area contributed by atoms with Crippen molar-refractivity contribution in [1.82, 2.24) is 0 Å². The molecule has 0 atom stereocenters. The number of allylic oxidation sites excluding steroid dienone is 1. The molecule has 0 aliphatic heterocycles. The highest BCUT2D eigenvalue weighted by Gasteiger charge is 2.10. The number of fused-ring (bicyclic) bond motifs is 1. The lowest BCUT2D eigenvalue weighted by atomic mass is 9.97. The quantitative estimate of drug-likeness (QED) is 0.651. The number of halogens is 1. The highest BCUT2D eigenvalue weighted by Crippen LogP contribution is 2.31. The predicted molar refractivity (Wildman–Crippen MR) is 50.3 cm³/mol. The fourth-order valence-corrected chi connectivity index (χ4v) is 1.78. The molecule has 0 bridgehead atoms. The maximum Gasteiger partial charge on any atom is 0.115 e. The van der Waals surface area contributed by atoms with E-state index in [1.165, 1.54) is 0 Å². The Labute approximate surface area is 76.3 Å². The predicted octanol–water partition coefficient (Wildman–Crippen LogP) is 2.92. The number of phenolic OH excluding ortho intramolecular Hbond substituents is 1. The Balaban J connectivity index is 2.56. The van der Waals surface area contributed by atoms with Gasteiger partial charge in [0.05, 0.1) is 0 Å². The van der Waals surface area contributed by atoms with Crippen LogP contribution in [0.1, 0.15) is 17.5 Å². The molecule has 0 heterocycles. The Morgan fingerprint density at radius 1 is 1.33 bits per heavy atom. The van der Waals surface area contributed by atoms with Crippen LogP contribution >= 0.6 is 11.6 Å². The van der Waals surface area contributed by atoms with Gasteiger partial charge in [-0.25, -0.2) is 0 Å². The van der Waals surface area contributed by atoms with Crippen LogP contribution in [0, 0.1) is 0 Å². The van der Waals surface area contributed by atoms with Crippen molar-refractivity contribution in [3.05, 3.63) is 35.4 Å². The maximum absolute atomic E-state index is 9.21. The fraction of sp³-hybridized carbons (Fsp3) is 0.200. The van der Waals surface area contributed by atoms with Crippen molar-refractivity contribution in [2.45, 2.75) is 12.8 Å². The number of aryl methyl sites for hydroxylation is 1. The summed E-state index contributed by atoms with van der Waals surface area (Å²) in [6, 6.07) is 5.31. The fourth-order valence-electron chi connectivity index (χ4n) is 1.48. The van der Waals surface area contributed by atoms with Gasteiger partial charge in [-0.1, -0.05) is 17.7 Å². The summed E-state index contributed by atoms with van der Waals surface area (Å²) in [4.78, 5) is 0. The summed E-state index contributed by atoms with van der Waals surface area (Å²) in [6.45, 7) is 0. The monoisotopic (exact) mass is 180 g/mol. The first-order valence-electron chi connectivity index (χ1n) is 3.95. The van der Waals surface area contributed by atoms with E-state index in [1.54, 1.807) is 12.1 Å². The SMILES string of the molecule is Oc1ccc2c(c1)CCC=C2Cl. The van der Waals surface area contributed by atoms with Crippen molar-refractivity contribution in [3.63, 3.8) is 0 Å². The lowest BCUT2D eigenvalue weighted by Gasteiger charge is -2.12. The average Bonchev–Trinajstić information content (AvgIpc) is 2.04. The molecule has 2 rings (SSSR count). The number of hydrogen-bond acceptors (Lipinski definition) is 1. The number of benzene rings is 1. The van der Waals surface area contributed by atoms with Crippen molar-refractivity contribution in [2.75, 3.05) is 0 Å². The zero-order valence-electron chi connectivity index (χ0n) is 6.55. The molecular weight excluding hydrogens is 172 g/mol. The van der Waals surface area contributed by atoms with Crippen molar-refractivity contribution < 1.29 is 5.11 Å². The van der Waals surface area contributed by atoms with Crippen LogP contribution in [0.2, 0.25) is 0 Å². The van der Waals surface area contributed by atoms with Gasteiger partial charge >= 0.3 is 0 Å². The summed E-state index contributed by atoms with van der Waals surface area (Å²) in [5.41, 5.74) is 2.20. The van der Waals surface area contributed by atoms with Crippen molar-refractivity contribution >= 4 is 16.6 Å². The largest absolute Gasteiger partial charge is 0.508 e. The summed E-state index contributed by atoms with van der Waals surface area (Å²) < 4.78 is 0. The molecule has 0 spiro atoms. The van der Waals surface area contributed by atoms with Crippen LogP contribution in [-0.2, 0) is 6.42 Å². The molecule has 12 heavy (non-hydrogen) atoms. The first-order valence-corrected chi connectivity index (χ1v) is 4.33. The third kappa shape index (κ3) is 1.21. The zero-order valence-corrected chi connectivity index (χ0v) is 7.30. The second kappa shape index (κ2) is 2.83. The first-order chi connectivity index (χ1) is 5.77. The molecule has 1 aliphatic carbocycles. The molecule has 1 aromatic rings. The smallest absolute Gasteiger partial charge is 0.115 e. The minimum Gasteiger partial charge on any atom is -0.508 e. The molecule has 62 valence electrons. The van der Waals surface area contributed by atoms with Gasteiger partial charge in [0.1, 0.15) is 5.75 Å². The van der Waals surface area contributed by atoms with Crippen molar-refractivity contribution in [1.29, 1.82) is 0 Å². The topological polar surface area (TPSA) is 20.2 Å². The first kappa shape index (κ1) is 7.69. The normalized spacial score (nSPS) is 15.2. The summed E-state index contributed by atoms with van der Waals surface area (Å²) >= 11 is 5.98. The molecule has 1 N–H and O–H groups in total. The van der Waals surface area contributed by atoms with E-state index in [4.69, 9.17) is 11.6 Å². The minimum absolute atomic E-state index is 0.320. The van der Waals surface area contributed by atoms with Gasteiger partial charge in [0.2, 0.25) is 0 Å². The van der Waals surface area contributed by atoms with Crippen LogP contribution in [0.3, 0.4) is 0 Å². The Kier molecular flexibility index (Phi) is 1.81. The van der Waals surface area contributed by atoms with Gasteiger partial charge in [0.15, 0.2) is 0 Å². The Morgan fingerprint density at radius 3 is 3.00 bits per heavy atom. The summed E-state index contributed by atoms with van der Waals surface area (Å²) in [6.07, 6.45) is 3.95. The number of rotatable bonds is 0. The molecule has 1 aliphatic rings. The van der Waals surface area contributed by atoms with Crippen LogP contribution in [0.25, 0.3) is 5.03 Å². The van der Waals surface area contributed by atoms with Crippen molar-refractivity contribution in [2.24, 2.45) is 0 Å². The van der Waals surface area contributed by atoms with Gasteiger partial charge in [-0.05, 0) is 42.2 Å². The number of aromatic hydroxyl groups is 1. The van der Waals surface area contributed by atoms with Crippen LogP contribution in [-0.4, -0.2) is 5.11 Å². The highest BCUT2D eigenvalue weighted by atomic mass is 35.5. The van der Waals surface area contributed by atoms with Crippen LogP contribution < -0.4 is 0 Å². The molecule has 0 saturated heterocycles. The summed E-state index contributed by atoms with van der Waals surface area (Å²) in [5.74, 6) is 0.320. The molecular formula is C10H9ClO. The van der Waals surface area contributed by atoms with E-state index in [2.05, 4.69) is 0 Å². The van der Waals surface area contributed by atoms with Crippen molar-refractivity contribution in [3.8, 4) is 5.75 Å². The summed E-state index contributed by atoms with van der Waals surface area (Å²) in [5, 5.41) is 10.0. The molecule has 0 fully saturated rings. The van der Waals surface area contributed by atoms with E-state index in [9.17, 15) is 5.11 Å². The van der Waals surface area contributed by atoms with Gasteiger partial charge in [-0.2, -0.15) is 0 Å². The highest BCUT2D eigenvalue weighted by molar-refractivity contribution is 6.49. The lowest BCUT2D eigenvalue weighted by molar-refractivity contribution is 0.474. The van der Waals surface area contributed by atoms with E-state index in [-0.39, 0.29) is 0 Å². The Bertz CT molecular complexity index is 342. The Morgan fingerprint density at radius 2 is 2.17 bits per heavy atom. The molecule has 2 heteroatoms. The minimum atomic E-state index is 0.320. The second-order valence-electron chi connectivity index (χ2n) is 2.93. The van der Waals surface area contributed by atoms with E-state index in [1.807, 2.05) is 12.1 Å². The van der Waals surface area contributed by atoms with Crippen LogP contribution in [0.5, 0.6) is 5.75 Å². The van der Waals surface area contributed by atoms with Gasteiger partial charge in [-0.3, -0.25) is 0 Å². The zero-order chi connectivity index (χ0) is 8.55. The van der Waals surface area contributed by atoms with Gasteiger partial charge in [-0.15, -0.1) is 0 Å². The molecule has 1 nitrogen and oxygen atoms in total. The number of phenols is 1. The van der Waals surface area contributed by atoms with Crippen LogP contribution in [0.15, 0.2) is 24.3 Å². The van der Waals surface area contributed by atoms with E-state index in [0.29, 0.717) is 5.75 Å². The molecule has 0 unspecified atom stereocenters. The van der Waals surface area contributed by atoms with Crippen LogP contribution in [0.4, 0.5) is 0 Å². The third-order valence-corrected chi connectivity index (χ3v) is 2.44. The molecule has 0 aromatic heterocycles. The maximum atomic E-state index is 9.21. The second-order valence-corrected chi connectivity index (χ2v) is 3.34. The average molecular weight is 181 g/mol. The third-order valence-electron chi connectivity index (χ3n) is 2.08. The lowest BCUT2D eigenvalue weighted by Crippen LogP contribution is -1.95. The van der Waals surface area contributed by atoms with Gasteiger partial charge < -0.3 is 5.11 Å². The Hall–Kier alpha value is -0.950. The van der Waals surface area contributed by atoms with E-state index in [0.717, 1.165) is 29.0 Å². The molecule has 0 amide bonds. The molecule has 1 aromatic carbocycles. The van der Waals surface area contributed by atoms with E-state index >= 15 is 0 Å². The standard InChI is InChI=1S/C10H9ClO/c11-10-3-1-2-7-6-8(12)4-5-9(7)10/h3-6,12H,1-2H2.